The Labute approximate surface area is 66.4 Å². The molecule has 0 aromatic heterocycles. The monoisotopic (exact) mass is 157 g/mol. The molecule has 1 aliphatic carbocycles. The maximum absolute atomic E-state index is 9.44. The van der Waals surface area contributed by atoms with Crippen LogP contribution in [0.4, 0.5) is 0 Å². The van der Waals surface area contributed by atoms with Crippen LogP contribution in [0.3, 0.4) is 0 Å². The first-order valence-electron chi connectivity index (χ1n) is 4.29. The van der Waals surface area contributed by atoms with Crippen molar-refractivity contribution in [2.45, 2.75) is 31.5 Å². The highest BCUT2D eigenvalue weighted by Gasteiger charge is 2.46. The number of aliphatic hydroxyl groups excluding tert-OH is 2. The van der Waals surface area contributed by atoms with Gasteiger partial charge in [0.15, 0.2) is 0 Å². The highest BCUT2D eigenvalue weighted by molar-refractivity contribution is 4.99. The van der Waals surface area contributed by atoms with Crippen molar-refractivity contribution in [1.29, 1.82) is 0 Å². The van der Waals surface area contributed by atoms with Crippen molar-refractivity contribution < 1.29 is 10.2 Å². The first kappa shape index (κ1) is 7.53. The molecule has 0 amide bonds. The fourth-order valence-corrected chi connectivity index (χ4v) is 1.83. The zero-order valence-electron chi connectivity index (χ0n) is 6.58. The van der Waals surface area contributed by atoms with E-state index in [-0.39, 0.29) is 0 Å². The maximum Gasteiger partial charge on any atom is 0.0923 e. The third-order valence-corrected chi connectivity index (χ3v) is 2.90. The van der Waals surface area contributed by atoms with Crippen molar-refractivity contribution in [2.24, 2.45) is 5.41 Å². The number of aliphatic hydroxyl groups is 2. The molecule has 0 bridgehead atoms. The fourth-order valence-electron chi connectivity index (χ4n) is 1.83. The smallest absolute Gasteiger partial charge is 0.0923 e. The molecule has 1 saturated carbocycles. The number of nitrogens with one attached hydrogen (secondary N) is 1. The molecule has 2 fully saturated rings. The van der Waals surface area contributed by atoms with Gasteiger partial charge in [0.2, 0.25) is 0 Å². The summed E-state index contributed by atoms with van der Waals surface area (Å²) in [4.78, 5) is 0. The molecule has 3 nitrogen and oxygen atoms in total. The highest BCUT2D eigenvalue weighted by Crippen LogP contribution is 2.49. The molecule has 1 spiro atoms. The lowest BCUT2D eigenvalue weighted by Gasteiger charge is -2.15. The Morgan fingerprint density at radius 1 is 1.18 bits per heavy atom. The maximum atomic E-state index is 9.44. The Morgan fingerprint density at radius 3 is 2.55 bits per heavy atom. The summed E-state index contributed by atoms with van der Waals surface area (Å²) in [5.74, 6) is 0. The molecule has 3 N–H and O–H groups in total. The van der Waals surface area contributed by atoms with Gasteiger partial charge in [0, 0.05) is 13.1 Å². The Morgan fingerprint density at radius 2 is 1.91 bits per heavy atom. The molecule has 0 unspecified atom stereocenters. The van der Waals surface area contributed by atoms with E-state index in [1.165, 1.54) is 12.8 Å². The summed E-state index contributed by atoms with van der Waals surface area (Å²) in [5.41, 5.74) is 0.344. The molecule has 2 atom stereocenters. The van der Waals surface area contributed by atoms with Gasteiger partial charge in [0.05, 0.1) is 12.2 Å². The van der Waals surface area contributed by atoms with Crippen molar-refractivity contribution in [3.8, 4) is 0 Å². The second-order valence-corrected chi connectivity index (χ2v) is 3.97. The number of β-amino-alcohol motifs (C(OH)–C–C–N with tert-alkyl or cyclic N) is 1. The van der Waals surface area contributed by atoms with Crippen LogP contribution in [0.1, 0.15) is 19.3 Å². The molecule has 64 valence electrons. The van der Waals surface area contributed by atoms with Gasteiger partial charge in [0.25, 0.3) is 0 Å². The summed E-state index contributed by atoms with van der Waals surface area (Å²) >= 11 is 0. The summed E-state index contributed by atoms with van der Waals surface area (Å²) < 4.78 is 0. The van der Waals surface area contributed by atoms with Gasteiger partial charge < -0.3 is 15.5 Å². The van der Waals surface area contributed by atoms with Crippen LogP contribution in [0.25, 0.3) is 0 Å². The average molecular weight is 157 g/mol. The standard InChI is InChI=1S/C8H15NO2/c10-6-3-8(1-2-8)5-9-4-7(6)11/h6-7,9-11H,1-5H2/t6-,7+/m1/s1. The van der Waals surface area contributed by atoms with Crippen molar-refractivity contribution in [2.75, 3.05) is 13.1 Å². The summed E-state index contributed by atoms with van der Waals surface area (Å²) in [6, 6.07) is 0. The molecule has 0 aromatic rings. The first-order valence-corrected chi connectivity index (χ1v) is 4.29. The molecule has 1 saturated heterocycles. The lowest BCUT2D eigenvalue weighted by molar-refractivity contribution is 0.0156. The van der Waals surface area contributed by atoms with Gasteiger partial charge in [-0.2, -0.15) is 0 Å². The van der Waals surface area contributed by atoms with E-state index in [1.807, 2.05) is 0 Å². The van der Waals surface area contributed by atoms with E-state index in [0.717, 1.165) is 13.0 Å². The Kier molecular flexibility index (Phi) is 1.67. The Balaban J connectivity index is 2.00. The number of hydrogen-bond donors (Lipinski definition) is 3. The van der Waals surface area contributed by atoms with Crippen LogP contribution in [0, 0.1) is 5.41 Å². The zero-order valence-corrected chi connectivity index (χ0v) is 6.58. The van der Waals surface area contributed by atoms with Gasteiger partial charge in [-0.1, -0.05) is 0 Å². The van der Waals surface area contributed by atoms with Crippen molar-refractivity contribution in [3.63, 3.8) is 0 Å². The minimum Gasteiger partial charge on any atom is -0.390 e. The van der Waals surface area contributed by atoms with E-state index in [1.54, 1.807) is 0 Å². The molecule has 11 heavy (non-hydrogen) atoms. The Hall–Kier alpha value is -0.120. The molecule has 2 rings (SSSR count). The number of rotatable bonds is 0. The zero-order chi connectivity index (χ0) is 7.90. The molecular weight excluding hydrogens is 142 g/mol. The van der Waals surface area contributed by atoms with Crippen molar-refractivity contribution in [1.82, 2.24) is 5.32 Å². The molecule has 0 aromatic carbocycles. The molecule has 3 heteroatoms. The minimum absolute atomic E-state index is 0.344. The van der Waals surface area contributed by atoms with Crippen LogP contribution in [0.15, 0.2) is 0 Å². The second-order valence-electron chi connectivity index (χ2n) is 3.97. The Bertz CT molecular complexity index is 156. The molecule has 0 radical (unpaired) electrons. The van der Waals surface area contributed by atoms with Crippen LogP contribution in [0.2, 0.25) is 0 Å². The van der Waals surface area contributed by atoms with E-state index in [9.17, 15) is 10.2 Å². The predicted octanol–water partition coefficient (Wildman–Crippen LogP) is -0.518. The molecule has 2 aliphatic rings. The molecule has 1 heterocycles. The van der Waals surface area contributed by atoms with Gasteiger partial charge in [0.1, 0.15) is 0 Å². The third kappa shape index (κ3) is 1.41. The van der Waals surface area contributed by atoms with Gasteiger partial charge in [-0.3, -0.25) is 0 Å². The van der Waals surface area contributed by atoms with E-state index >= 15 is 0 Å². The average Bonchev–Trinajstić information content (AvgIpc) is 2.69. The van der Waals surface area contributed by atoms with Gasteiger partial charge in [-0.15, -0.1) is 0 Å². The minimum atomic E-state index is -0.560. The van der Waals surface area contributed by atoms with Crippen molar-refractivity contribution in [3.05, 3.63) is 0 Å². The fraction of sp³-hybridized carbons (Fsp3) is 1.00. The van der Waals surface area contributed by atoms with Crippen LogP contribution in [-0.4, -0.2) is 35.5 Å². The lowest BCUT2D eigenvalue weighted by Crippen LogP contribution is -2.32. The largest absolute Gasteiger partial charge is 0.390 e. The number of hydrogen-bond acceptors (Lipinski definition) is 3. The van der Waals surface area contributed by atoms with E-state index in [2.05, 4.69) is 5.32 Å². The quantitative estimate of drug-likeness (QED) is 0.443. The van der Waals surface area contributed by atoms with Crippen LogP contribution in [0.5, 0.6) is 0 Å². The second kappa shape index (κ2) is 2.44. The van der Waals surface area contributed by atoms with Crippen molar-refractivity contribution >= 4 is 0 Å². The molecular formula is C8H15NO2. The summed E-state index contributed by atoms with van der Waals surface area (Å²) in [7, 11) is 0. The van der Waals surface area contributed by atoms with Gasteiger partial charge in [-0.05, 0) is 24.7 Å². The topological polar surface area (TPSA) is 52.5 Å². The summed E-state index contributed by atoms with van der Waals surface area (Å²) in [6.45, 7) is 1.52. The van der Waals surface area contributed by atoms with Crippen LogP contribution < -0.4 is 5.32 Å². The van der Waals surface area contributed by atoms with E-state index in [0.29, 0.717) is 12.0 Å². The van der Waals surface area contributed by atoms with Gasteiger partial charge in [-0.25, -0.2) is 0 Å². The van der Waals surface area contributed by atoms with Crippen LogP contribution >= 0.6 is 0 Å². The summed E-state index contributed by atoms with van der Waals surface area (Å²) in [5, 5.41) is 21.9. The SMILES string of the molecule is O[C@@H]1CC2(CC2)CNC[C@@H]1O. The van der Waals surface area contributed by atoms with E-state index in [4.69, 9.17) is 0 Å². The normalized spacial score (nSPS) is 42.0. The van der Waals surface area contributed by atoms with Gasteiger partial charge >= 0.3 is 0 Å². The van der Waals surface area contributed by atoms with Crippen LogP contribution in [-0.2, 0) is 0 Å². The lowest BCUT2D eigenvalue weighted by atomic mass is 9.98. The third-order valence-electron chi connectivity index (χ3n) is 2.90. The first-order chi connectivity index (χ1) is 5.22. The molecule has 1 aliphatic heterocycles. The van der Waals surface area contributed by atoms with E-state index < -0.39 is 12.2 Å². The highest BCUT2D eigenvalue weighted by atomic mass is 16.3. The predicted molar refractivity (Wildman–Crippen MR) is 41.2 cm³/mol. The summed E-state index contributed by atoms with van der Waals surface area (Å²) in [6.07, 6.45) is 2.14.